The van der Waals surface area contributed by atoms with Gasteiger partial charge in [-0.3, -0.25) is 0 Å². The molecule has 0 radical (unpaired) electrons. The first-order chi connectivity index (χ1) is 7.20. The first-order valence-electron chi connectivity index (χ1n) is 5.29. The highest BCUT2D eigenvalue weighted by Gasteiger charge is 1.90. The molecule has 0 fully saturated rings. The van der Waals surface area contributed by atoms with Crippen LogP contribution in [0, 0.1) is 5.92 Å². The second kappa shape index (κ2) is 6.02. The van der Waals surface area contributed by atoms with Gasteiger partial charge in [0.1, 0.15) is 0 Å². The summed E-state index contributed by atoms with van der Waals surface area (Å²) < 4.78 is 0. The molecular formula is C15H18. The molecule has 1 rings (SSSR count). The Bertz CT molecular complexity index is 353. The normalized spacial score (nSPS) is 11.7. The maximum Gasteiger partial charge on any atom is -0.0190 e. The van der Waals surface area contributed by atoms with Gasteiger partial charge in [-0.2, -0.15) is 0 Å². The van der Waals surface area contributed by atoms with Gasteiger partial charge >= 0.3 is 0 Å². The molecule has 0 aliphatic carbocycles. The van der Waals surface area contributed by atoms with Crippen LogP contribution >= 0.6 is 0 Å². The molecule has 0 bridgehead atoms. The molecule has 0 saturated heterocycles. The van der Waals surface area contributed by atoms with E-state index in [0.29, 0.717) is 5.92 Å². The van der Waals surface area contributed by atoms with E-state index in [1.807, 2.05) is 30.4 Å². The van der Waals surface area contributed by atoms with E-state index < -0.39 is 0 Å². The van der Waals surface area contributed by atoms with Gasteiger partial charge in [-0.15, -0.1) is 0 Å². The fourth-order valence-electron chi connectivity index (χ4n) is 1.21. The predicted octanol–water partition coefficient (Wildman–Crippen LogP) is 4.47. The van der Waals surface area contributed by atoms with Crippen LogP contribution < -0.4 is 0 Å². The fraction of sp³-hybridized carbons (Fsp3) is 0.200. The Balaban J connectivity index is 2.57. The Labute approximate surface area is 92.6 Å². The van der Waals surface area contributed by atoms with Crippen molar-refractivity contribution in [3.63, 3.8) is 0 Å². The van der Waals surface area contributed by atoms with Crippen molar-refractivity contribution in [2.24, 2.45) is 5.92 Å². The highest BCUT2D eigenvalue weighted by molar-refractivity contribution is 5.72. The quantitative estimate of drug-likeness (QED) is 0.626. The van der Waals surface area contributed by atoms with Gasteiger partial charge < -0.3 is 0 Å². The van der Waals surface area contributed by atoms with Crippen molar-refractivity contribution in [3.05, 3.63) is 66.8 Å². The summed E-state index contributed by atoms with van der Waals surface area (Å²) in [5.74, 6) is 0.597. The molecule has 0 N–H and O–H groups in total. The van der Waals surface area contributed by atoms with Crippen LogP contribution in [0.3, 0.4) is 0 Å². The van der Waals surface area contributed by atoms with Crippen LogP contribution in [0.2, 0.25) is 0 Å². The second-order valence-corrected chi connectivity index (χ2v) is 3.88. The molecule has 0 saturated carbocycles. The summed E-state index contributed by atoms with van der Waals surface area (Å²) in [4.78, 5) is 0. The minimum absolute atomic E-state index is 0.597. The third kappa shape index (κ3) is 4.46. The van der Waals surface area contributed by atoms with Gasteiger partial charge in [0.25, 0.3) is 0 Å². The van der Waals surface area contributed by atoms with E-state index in [0.717, 1.165) is 5.57 Å². The monoisotopic (exact) mass is 198 g/mol. The van der Waals surface area contributed by atoms with Crippen LogP contribution in [0.4, 0.5) is 0 Å². The Morgan fingerprint density at radius 2 is 1.80 bits per heavy atom. The second-order valence-electron chi connectivity index (χ2n) is 3.88. The molecule has 0 atom stereocenters. The van der Waals surface area contributed by atoms with E-state index in [-0.39, 0.29) is 0 Å². The summed E-state index contributed by atoms with van der Waals surface area (Å²) in [5.41, 5.74) is 2.22. The van der Waals surface area contributed by atoms with Crippen molar-refractivity contribution < 1.29 is 0 Å². The van der Waals surface area contributed by atoms with Crippen LogP contribution in [0.15, 0.2) is 61.2 Å². The van der Waals surface area contributed by atoms with E-state index in [1.165, 1.54) is 5.56 Å². The van der Waals surface area contributed by atoms with E-state index in [9.17, 15) is 0 Å². The number of hydrogen-bond acceptors (Lipinski definition) is 0. The van der Waals surface area contributed by atoms with Crippen molar-refractivity contribution in [2.75, 3.05) is 0 Å². The minimum Gasteiger partial charge on any atom is -0.0912 e. The van der Waals surface area contributed by atoms with Crippen LogP contribution in [-0.4, -0.2) is 0 Å². The smallest absolute Gasteiger partial charge is 0.0190 e. The zero-order chi connectivity index (χ0) is 11.1. The average molecular weight is 198 g/mol. The third-order valence-electron chi connectivity index (χ3n) is 2.05. The molecule has 1 aromatic carbocycles. The molecular weight excluding hydrogens is 180 g/mol. The molecule has 78 valence electrons. The molecule has 0 heterocycles. The molecule has 0 unspecified atom stereocenters. The zero-order valence-corrected chi connectivity index (χ0v) is 9.48. The summed E-state index contributed by atoms with van der Waals surface area (Å²) in [7, 11) is 0. The van der Waals surface area contributed by atoms with Crippen molar-refractivity contribution in [2.45, 2.75) is 13.8 Å². The summed E-state index contributed by atoms with van der Waals surface area (Å²) in [5, 5.41) is 0. The number of allylic oxidation sites excluding steroid dienone is 5. The lowest BCUT2D eigenvalue weighted by Gasteiger charge is -1.98. The van der Waals surface area contributed by atoms with Crippen LogP contribution in [0.1, 0.15) is 19.4 Å². The Kier molecular flexibility index (Phi) is 4.62. The van der Waals surface area contributed by atoms with Crippen molar-refractivity contribution in [3.8, 4) is 0 Å². The Morgan fingerprint density at radius 3 is 2.40 bits per heavy atom. The fourth-order valence-corrected chi connectivity index (χ4v) is 1.21. The zero-order valence-electron chi connectivity index (χ0n) is 9.48. The van der Waals surface area contributed by atoms with E-state index in [4.69, 9.17) is 0 Å². The van der Waals surface area contributed by atoms with Crippen LogP contribution in [0.25, 0.3) is 5.57 Å². The Morgan fingerprint density at radius 1 is 1.13 bits per heavy atom. The first kappa shape index (κ1) is 11.5. The molecule has 0 aromatic heterocycles. The molecule has 0 aliphatic rings. The standard InChI is InChI=1S/C15H18/c1-13(2)9-7-8-10-14(3)15-11-5-4-6-12-15/h4-13H,3H2,1-2H3. The van der Waals surface area contributed by atoms with E-state index in [1.54, 1.807) is 0 Å². The molecule has 15 heavy (non-hydrogen) atoms. The van der Waals surface area contributed by atoms with E-state index >= 15 is 0 Å². The lowest BCUT2D eigenvalue weighted by Crippen LogP contribution is -1.77. The predicted molar refractivity (Wildman–Crippen MR) is 68.6 cm³/mol. The van der Waals surface area contributed by atoms with Gasteiger partial charge in [-0.1, -0.05) is 75.1 Å². The van der Waals surface area contributed by atoms with Gasteiger partial charge in [-0.25, -0.2) is 0 Å². The maximum atomic E-state index is 4.02. The van der Waals surface area contributed by atoms with Gasteiger partial charge in [0.05, 0.1) is 0 Å². The van der Waals surface area contributed by atoms with Gasteiger partial charge in [0, 0.05) is 0 Å². The number of hydrogen-bond donors (Lipinski definition) is 0. The summed E-state index contributed by atoms with van der Waals surface area (Å²) >= 11 is 0. The van der Waals surface area contributed by atoms with Crippen molar-refractivity contribution >= 4 is 5.57 Å². The lowest BCUT2D eigenvalue weighted by molar-refractivity contribution is 0.832. The average Bonchev–Trinajstić information content (AvgIpc) is 2.25. The lowest BCUT2D eigenvalue weighted by atomic mass is 10.1. The van der Waals surface area contributed by atoms with Crippen LogP contribution in [0.5, 0.6) is 0 Å². The summed E-state index contributed by atoms with van der Waals surface area (Å²) in [6.07, 6.45) is 8.30. The highest BCUT2D eigenvalue weighted by atomic mass is 14.0. The van der Waals surface area contributed by atoms with Gasteiger partial charge in [0.15, 0.2) is 0 Å². The molecule has 0 amide bonds. The minimum atomic E-state index is 0.597. The largest absolute Gasteiger partial charge is 0.0912 e. The van der Waals surface area contributed by atoms with Gasteiger partial charge in [0.2, 0.25) is 0 Å². The molecule has 0 nitrogen and oxygen atoms in total. The first-order valence-corrected chi connectivity index (χ1v) is 5.29. The Hall–Kier alpha value is -1.56. The van der Waals surface area contributed by atoms with Gasteiger partial charge in [-0.05, 0) is 17.1 Å². The van der Waals surface area contributed by atoms with Crippen LogP contribution in [-0.2, 0) is 0 Å². The maximum absolute atomic E-state index is 4.02. The summed E-state index contributed by atoms with van der Waals surface area (Å²) in [6, 6.07) is 10.2. The molecule has 0 spiro atoms. The van der Waals surface area contributed by atoms with Crippen molar-refractivity contribution in [1.29, 1.82) is 0 Å². The SMILES string of the molecule is C=C(C=CC=CC(C)C)c1ccccc1. The third-order valence-corrected chi connectivity index (χ3v) is 2.05. The van der Waals surface area contributed by atoms with E-state index in [2.05, 4.69) is 44.7 Å². The summed E-state index contributed by atoms with van der Waals surface area (Å²) in [6.45, 7) is 8.35. The molecule has 0 heteroatoms. The number of benzene rings is 1. The highest BCUT2D eigenvalue weighted by Crippen LogP contribution is 2.12. The van der Waals surface area contributed by atoms with Crippen molar-refractivity contribution in [1.82, 2.24) is 0 Å². The molecule has 1 aromatic rings. The topological polar surface area (TPSA) is 0 Å². The number of rotatable bonds is 4. The molecule has 0 aliphatic heterocycles.